The van der Waals surface area contributed by atoms with E-state index >= 15 is 0 Å². The molecule has 2 N–H and O–H groups in total. The van der Waals surface area contributed by atoms with Crippen molar-refractivity contribution in [1.82, 2.24) is 9.88 Å². The van der Waals surface area contributed by atoms with E-state index in [1.54, 1.807) is 4.57 Å². The summed E-state index contributed by atoms with van der Waals surface area (Å²) in [7, 11) is 0. The number of amides is 1. The van der Waals surface area contributed by atoms with Crippen molar-refractivity contribution in [2.24, 2.45) is 5.41 Å². The normalized spacial score (nSPS) is 16.3. The Kier molecular flexibility index (Phi) is 4.42. The van der Waals surface area contributed by atoms with Gasteiger partial charge in [0.2, 0.25) is 5.91 Å². The highest BCUT2D eigenvalue weighted by atomic mass is 32.1. The first-order chi connectivity index (χ1) is 9.06. The number of aliphatic hydroxyl groups excluding tert-OH is 1. The van der Waals surface area contributed by atoms with E-state index in [2.05, 4.69) is 5.32 Å². The quantitative estimate of drug-likeness (QED) is 0.781. The molecule has 1 heterocycles. The number of aryl methyl sites for hydroxylation is 1. The average Bonchev–Trinajstić information content (AvgIpc) is 3.12. The molecule has 1 amide bonds. The van der Waals surface area contributed by atoms with Crippen molar-refractivity contribution in [2.45, 2.75) is 39.2 Å². The Balaban J connectivity index is 1.68. The van der Waals surface area contributed by atoms with Gasteiger partial charge in [-0.1, -0.05) is 11.3 Å². The molecule has 1 aliphatic carbocycles. The Morgan fingerprint density at radius 3 is 2.84 bits per heavy atom. The number of carbonyl (C=O) groups excluding carboxylic acids is 1. The van der Waals surface area contributed by atoms with Crippen molar-refractivity contribution in [3.8, 4) is 0 Å². The van der Waals surface area contributed by atoms with Crippen LogP contribution in [0.5, 0.6) is 0 Å². The lowest BCUT2D eigenvalue weighted by molar-refractivity contribution is -0.121. The summed E-state index contributed by atoms with van der Waals surface area (Å²) in [6.07, 6.45) is 3.07. The molecule has 5 nitrogen and oxygen atoms in total. The molecule has 1 aromatic heterocycles. The summed E-state index contributed by atoms with van der Waals surface area (Å²) in [5.41, 5.74) is 0.906. The fourth-order valence-electron chi connectivity index (χ4n) is 2.01. The third kappa shape index (κ3) is 3.67. The zero-order valence-electron chi connectivity index (χ0n) is 11.1. The summed E-state index contributed by atoms with van der Waals surface area (Å²) in [5, 5.41) is 13.8. The van der Waals surface area contributed by atoms with Gasteiger partial charge in [-0.25, -0.2) is 0 Å². The Morgan fingerprint density at radius 1 is 1.58 bits per heavy atom. The highest BCUT2D eigenvalue weighted by Gasteiger charge is 2.41. The maximum Gasteiger partial charge on any atom is 0.307 e. The van der Waals surface area contributed by atoms with Crippen molar-refractivity contribution in [2.75, 3.05) is 13.2 Å². The minimum atomic E-state index is -0.0451. The number of nitrogens with one attached hydrogen (secondary N) is 1. The number of aliphatic hydroxyl groups is 1. The third-order valence-corrected chi connectivity index (χ3v) is 4.60. The first kappa shape index (κ1) is 14.3. The van der Waals surface area contributed by atoms with Crippen molar-refractivity contribution < 1.29 is 9.90 Å². The van der Waals surface area contributed by atoms with Crippen molar-refractivity contribution in [1.29, 1.82) is 0 Å². The third-order valence-electron chi connectivity index (χ3n) is 3.72. The number of carbonyl (C=O) groups is 1. The van der Waals surface area contributed by atoms with Gasteiger partial charge in [0.1, 0.15) is 0 Å². The van der Waals surface area contributed by atoms with Crippen LogP contribution in [0.1, 0.15) is 31.4 Å². The van der Waals surface area contributed by atoms with Gasteiger partial charge in [0, 0.05) is 36.0 Å². The van der Waals surface area contributed by atoms with Crippen LogP contribution in [0.2, 0.25) is 0 Å². The van der Waals surface area contributed by atoms with Crippen molar-refractivity contribution in [3.63, 3.8) is 0 Å². The standard InChI is InChI=1S/C13H20N2O3S/c1-10-7-19-12(18)15(10)6-2-3-11(17)14-8-13(9-16)4-5-13/h7,16H,2-6,8-9H2,1H3,(H,14,17). The number of rotatable bonds is 7. The molecule has 106 valence electrons. The lowest BCUT2D eigenvalue weighted by Gasteiger charge is -2.12. The molecule has 0 radical (unpaired) electrons. The monoisotopic (exact) mass is 284 g/mol. The van der Waals surface area contributed by atoms with Gasteiger partial charge < -0.3 is 15.0 Å². The van der Waals surface area contributed by atoms with E-state index in [4.69, 9.17) is 5.11 Å². The molecule has 1 saturated carbocycles. The second kappa shape index (κ2) is 5.88. The molecule has 0 atom stereocenters. The predicted molar refractivity (Wildman–Crippen MR) is 74.3 cm³/mol. The molecular weight excluding hydrogens is 264 g/mol. The van der Waals surface area contributed by atoms with Gasteiger partial charge >= 0.3 is 4.87 Å². The second-order valence-corrected chi connectivity index (χ2v) is 6.15. The topological polar surface area (TPSA) is 71.3 Å². The van der Waals surface area contributed by atoms with Crippen LogP contribution in [0.3, 0.4) is 0 Å². The minimum Gasteiger partial charge on any atom is -0.396 e. The van der Waals surface area contributed by atoms with E-state index in [9.17, 15) is 9.59 Å². The summed E-state index contributed by atoms with van der Waals surface area (Å²) in [5.74, 6) is 0.000608. The molecule has 0 aromatic carbocycles. The largest absolute Gasteiger partial charge is 0.396 e. The van der Waals surface area contributed by atoms with E-state index in [1.165, 1.54) is 11.3 Å². The van der Waals surface area contributed by atoms with Crippen LogP contribution in [0, 0.1) is 12.3 Å². The number of thiazole rings is 1. The van der Waals surface area contributed by atoms with Gasteiger partial charge in [-0.2, -0.15) is 0 Å². The van der Waals surface area contributed by atoms with Crippen LogP contribution in [0.4, 0.5) is 0 Å². The zero-order valence-corrected chi connectivity index (χ0v) is 12.0. The summed E-state index contributed by atoms with van der Waals surface area (Å²) in [6.45, 7) is 3.21. The summed E-state index contributed by atoms with van der Waals surface area (Å²) < 4.78 is 1.70. The van der Waals surface area contributed by atoms with Crippen LogP contribution in [0.25, 0.3) is 0 Å². The van der Waals surface area contributed by atoms with Gasteiger partial charge in [-0.15, -0.1) is 0 Å². The molecule has 0 aliphatic heterocycles. The Hall–Kier alpha value is -1.14. The molecule has 19 heavy (non-hydrogen) atoms. The van der Waals surface area contributed by atoms with E-state index in [0.29, 0.717) is 25.9 Å². The average molecular weight is 284 g/mol. The van der Waals surface area contributed by atoms with Crippen LogP contribution in [0.15, 0.2) is 10.2 Å². The van der Waals surface area contributed by atoms with E-state index < -0.39 is 0 Å². The first-order valence-corrected chi connectivity index (χ1v) is 7.47. The SMILES string of the molecule is Cc1csc(=O)n1CCCC(=O)NCC1(CO)CC1. The molecule has 0 saturated heterocycles. The number of hydrogen-bond donors (Lipinski definition) is 2. The van der Waals surface area contributed by atoms with E-state index in [1.807, 2.05) is 12.3 Å². The maximum atomic E-state index is 11.7. The first-order valence-electron chi connectivity index (χ1n) is 6.59. The highest BCUT2D eigenvalue weighted by molar-refractivity contribution is 7.07. The molecule has 0 bridgehead atoms. The number of hydrogen-bond acceptors (Lipinski definition) is 4. The van der Waals surface area contributed by atoms with Gasteiger partial charge in [-0.3, -0.25) is 9.59 Å². The molecule has 1 fully saturated rings. The molecular formula is C13H20N2O3S. The predicted octanol–water partition coefficient (Wildman–Crippen LogP) is 0.887. The Morgan fingerprint density at radius 2 is 2.32 bits per heavy atom. The highest BCUT2D eigenvalue weighted by Crippen LogP contribution is 2.44. The lowest BCUT2D eigenvalue weighted by Crippen LogP contribution is -2.31. The Bertz CT molecular complexity index is 502. The lowest BCUT2D eigenvalue weighted by atomic mass is 10.1. The summed E-state index contributed by atoms with van der Waals surface area (Å²) in [4.78, 5) is 23.2. The molecule has 2 rings (SSSR count). The van der Waals surface area contributed by atoms with Gasteiger partial charge in [0.25, 0.3) is 0 Å². The van der Waals surface area contributed by atoms with Gasteiger partial charge in [-0.05, 0) is 26.2 Å². The maximum absolute atomic E-state index is 11.7. The molecule has 1 aliphatic rings. The summed E-state index contributed by atoms with van der Waals surface area (Å²) in [6, 6.07) is 0. The van der Waals surface area contributed by atoms with E-state index in [0.717, 1.165) is 18.5 Å². The summed E-state index contributed by atoms with van der Waals surface area (Å²) >= 11 is 1.19. The van der Waals surface area contributed by atoms with Gasteiger partial charge in [0.05, 0.1) is 6.61 Å². The molecule has 6 heteroatoms. The van der Waals surface area contributed by atoms with Crippen LogP contribution in [-0.4, -0.2) is 28.7 Å². The fraction of sp³-hybridized carbons (Fsp3) is 0.692. The molecule has 0 spiro atoms. The number of aromatic nitrogens is 1. The number of nitrogens with zero attached hydrogens (tertiary/aromatic N) is 1. The van der Waals surface area contributed by atoms with E-state index in [-0.39, 0.29) is 22.8 Å². The fourth-order valence-corrected chi connectivity index (χ4v) is 2.78. The van der Waals surface area contributed by atoms with Crippen LogP contribution < -0.4 is 10.2 Å². The molecule has 0 unspecified atom stereocenters. The van der Waals surface area contributed by atoms with Crippen molar-refractivity contribution in [3.05, 3.63) is 20.7 Å². The zero-order chi connectivity index (χ0) is 13.9. The van der Waals surface area contributed by atoms with Crippen LogP contribution >= 0.6 is 11.3 Å². The second-order valence-electron chi connectivity index (χ2n) is 5.33. The van der Waals surface area contributed by atoms with Gasteiger partial charge in [0.15, 0.2) is 0 Å². The molecule has 1 aromatic rings. The van der Waals surface area contributed by atoms with Crippen LogP contribution in [-0.2, 0) is 11.3 Å². The Labute approximate surface area is 116 Å². The minimum absolute atomic E-state index is 0.000608. The smallest absolute Gasteiger partial charge is 0.307 e. The van der Waals surface area contributed by atoms with Crippen molar-refractivity contribution >= 4 is 17.2 Å².